The average Bonchev–Trinajstić information content (AvgIpc) is 2.04. The molecule has 0 aliphatic rings. The summed E-state index contributed by atoms with van der Waals surface area (Å²) in [6.45, 7) is 1.17. The Morgan fingerprint density at radius 2 is 2.18 bits per heavy atom. The van der Waals surface area contributed by atoms with Crippen LogP contribution in [0.3, 0.4) is 0 Å². The first-order valence-electron chi connectivity index (χ1n) is 3.24. The fraction of sp³-hybridized carbons (Fsp3) is 0.833. The van der Waals surface area contributed by atoms with Gasteiger partial charge in [-0.15, -0.1) is 0 Å². The summed E-state index contributed by atoms with van der Waals surface area (Å²) in [6, 6.07) is 0. The molecule has 0 saturated heterocycles. The van der Waals surface area contributed by atoms with Crippen molar-refractivity contribution in [2.24, 2.45) is 0 Å². The van der Waals surface area contributed by atoms with Crippen molar-refractivity contribution in [3.63, 3.8) is 0 Å². The smallest absolute Gasteiger partial charge is 0.319 e. The molecule has 0 aromatic rings. The first kappa shape index (κ1) is 10.3. The van der Waals surface area contributed by atoms with Gasteiger partial charge in [-0.2, -0.15) is 0 Å². The van der Waals surface area contributed by atoms with E-state index in [-0.39, 0.29) is 12.5 Å². The van der Waals surface area contributed by atoms with Crippen LogP contribution >= 0.6 is 0 Å². The molecule has 0 aromatic heterocycles. The van der Waals surface area contributed by atoms with Crippen LogP contribution in [-0.4, -0.2) is 39.9 Å². The average molecular weight is 163 g/mol. The Labute approximate surface area is 65.5 Å². The molecule has 1 N–H and O–H groups in total. The van der Waals surface area contributed by atoms with E-state index < -0.39 is 0 Å². The second-order valence-electron chi connectivity index (χ2n) is 1.74. The number of carbonyl (C=O) groups excluding carboxylic acids is 1. The molecule has 0 atom stereocenters. The van der Waals surface area contributed by atoms with Crippen LogP contribution < -0.4 is 5.32 Å². The second-order valence-corrected chi connectivity index (χ2v) is 1.74. The summed E-state index contributed by atoms with van der Waals surface area (Å²) in [6.07, 6.45) is 0. The van der Waals surface area contributed by atoms with E-state index in [1.165, 1.54) is 14.2 Å². The Hall–Kier alpha value is -0.650. The van der Waals surface area contributed by atoms with Crippen LogP contribution in [-0.2, 0) is 19.3 Å². The molecule has 0 unspecified atom stereocenters. The molecule has 5 nitrogen and oxygen atoms in total. The number of ether oxygens (including phenoxy) is 1. The van der Waals surface area contributed by atoms with Crippen molar-refractivity contribution < 1.29 is 19.3 Å². The highest BCUT2D eigenvalue weighted by Crippen LogP contribution is 1.72. The summed E-state index contributed by atoms with van der Waals surface area (Å²) < 4.78 is 4.38. The van der Waals surface area contributed by atoms with Crippen LogP contribution in [0, 0.1) is 0 Å². The molecule has 0 rings (SSSR count). The zero-order valence-electron chi connectivity index (χ0n) is 6.75. The van der Waals surface area contributed by atoms with Crippen molar-refractivity contribution in [1.82, 2.24) is 5.32 Å². The van der Waals surface area contributed by atoms with Crippen molar-refractivity contribution in [3.05, 3.63) is 0 Å². The van der Waals surface area contributed by atoms with Gasteiger partial charge in [-0.3, -0.25) is 4.79 Å². The van der Waals surface area contributed by atoms with Crippen LogP contribution in [0.15, 0.2) is 0 Å². The summed E-state index contributed by atoms with van der Waals surface area (Å²) in [4.78, 5) is 19.3. The molecule has 0 aliphatic carbocycles. The quantitative estimate of drug-likeness (QED) is 0.243. The van der Waals surface area contributed by atoms with E-state index in [0.29, 0.717) is 13.2 Å². The third-order valence-corrected chi connectivity index (χ3v) is 0.977. The lowest BCUT2D eigenvalue weighted by molar-refractivity contribution is -0.270. The normalized spacial score (nSPS) is 9.64. The lowest BCUT2D eigenvalue weighted by Crippen LogP contribution is -2.27. The summed E-state index contributed by atoms with van der Waals surface area (Å²) in [7, 11) is 2.77. The summed E-state index contributed by atoms with van der Waals surface area (Å²) in [5.74, 6) is -0.289. The Kier molecular flexibility index (Phi) is 7.02. The maximum absolute atomic E-state index is 10.5. The number of hydrogen-bond donors (Lipinski definition) is 1. The Balaban J connectivity index is 2.95. The molecule has 0 aliphatic heterocycles. The van der Waals surface area contributed by atoms with Gasteiger partial charge in [-0.25, -0.2) is 9.78 Å². The highest BCUT2D eigenvalue weighted by Gasteiger charge is 1.96. The first-order chi connectivity index (χ1) is 5.31. The van der Waals surface area contributed by atoms with Crippen LogP contribution in [0.4, 0.5) is 0 Å². The van der Waals surface area contributed by atoms with E-state index >= 15 is 0 Å². The fourth-order valence-electron chi connectivity index (χ4n) is 0.460. The first-order valence-corrected chi connectivity index (χ1v) is 3.24. The standard InChI is InChI=1S/C6H13NO4/c1-9-6(8)5-7-3-4-11-10-2/h7H,3-5H2,1-2H3. The molecule has 0 fully saturated rings. The fourth-order valence-corrected chi connectivity index (χ4v) is 0.460. The summed E-state index contributed by atoms with van der Waals surface area (Å²) in [5.41, 5.74) is 0. The minimum Gasteiger partial charge on any atom is -0.468 e. The SMILES string of the molecule is COOCCNCC(=O)OC. The zero-order valence-corrected chi connectivity index (χ0v) is 6.75. The van der Waals surface area contributed by atoms with Crippen molar-refractivity contribution >= 4 is 5.97 Å². The lowest BCUT2D eigenvalue weighted by atomic mass is 10.6. The molecule has 0 aromatic carbocycles. The molecule has 0 saturated carbocycles. The lowest BCUT2D eigenvalue weighted by Gasteiger charge is -2.01. The van der Waals surface area contributed by atoms with Gasteiger partial charge in [0, 0.05) is 6.54 Å². The van der Waals surface area contributed by atoms with Crippen LogP contribution in [0.2, 0.25) is 0 Å². The Morgan fingerprint density at radius 1 is 1.45 bits per heavy atom. The predicted molar refractivity (Wildman–Crippen MR) is 37.8 cm³/mol. The monoisotopic (exact) mass is 163 g/mol. The number of carbonyl (C=O) groups is 1. The number of nitrogens with one attached hydrogen (secondary N) is 1. The van der Waals surface area contributed by atoms with Crippen LogP contribution in [0.5, 0.6) is 0 Å². The van der Waals surface area contributed by atoms with Gasteiger partial charge < -0.3 is 10.1 Å². The van der Waals surface area contributed by atoms with Gasteiger partial charge in [0.05, 0.1) is 27.4 Å². The van der Waals surface area contributed by atoms with E-state index in [1.807, 2.05) is 0 Å². The van der Waals surface area contributed by atoms with Crippen molar-refractivity contribution in [1.29, 1.82) is 0 Å². The maximum atomic E-state index is 10.5. The molecular formula is C6H13NO4. The zero-order chi connectivity index (χ0) is 8.53. The van der Waals surface area contributed by atoms with E-state index in [0.717, 1.165) is 0 Å². The molecule has 5 heteroatoms. The van der Waals surface area contributed by atoms with E-state index in [2.05, 4.69) is 19.8 Å². The molecule has 0 radical (unpaired) electrons. The van der Waals surface area contributed by atoms with Gasteiger partial charge in [0.25, 0.3) is 0 Å². The van der Waals surface area contributed by atoms with Crippen molar-refractivity contribution in [3.8, 4) is 0 Å². The number of rotatable bonds is 6. The molecule has 66 valence electrons. The molecule has 0 amide bonds. The molecule has 0 bridgehead atoms. The third-order valence-electron chi connectivity index (χ3n) is 0.977. The second kappa shape index (κ2) is 7.46. The Bertz CT molecular complexity index is 107. The number of methoxy groups -OCH3 is 1. The van der Waals surface area contributed by atoms with E-state index in [1.54, 1.807) is 0 Å². The highest BCUT2D eigenvalue weighted by atomic mass is 17.2. The van der Waals surface area contributed by atoms with Gasteiger partial charge in [0.1, 0.15) is 0 Å². The van der Waals surface area contributed by atoms with E-state index in [4.69, 9.17) is 0 Å². The van der Waals surface area contributed by atoms with Gasteiger partial charge in [0.15, 0.2) is 0 Å². The summed E-state index contributed by atoms with van der Waals surface area (Å²) in [5, 5.41) is 2.79. The van der Waals surface area contributed by atoms with Crippen LogP contribution in [0.1, 0.15) is 0 Å². The minimum atomic E-state index is -0.289. The van der Waals surface area contributed by atoms with Gasteiger partial charge in [-0.1, -0.05) is 0 Å². The summed E-state index contributed by atoms with van der Waals surface area (Å²) >= 11 is 0. The molecule has 0 spiro atoms. The van der Waals surface area contributed by atoms with Crippen LogP contribution in [0.25, 0.3) is 0 Å². The van der Waals surface area contributed by atoms with E-state index in [9.17, 15) is 4.79 Å². The van der Waals surface area contributed by atoms with Gasteiger partial charge in [-0.05, 0) is 0 Å². The number of esters is 1. The van der Waals surface area contributed by atoms with Gasteiger partial charge >= 0.3 is 5.97 Å². The highest BCUT2D eigenvalue weighted by molar-refractivity contribution is 5.71. The predicted octanol–water partition coefficient (Wildman–Crippen LogP) is -0.673. The van der Waals surface area contributed by atoms with Gasteiger partial charge in [0.2, 0.25) is 0 Å². The molecule has 11 heavy (non-hydrogen) atoms. The van der Waals surface area contributed by atoms with Crippen molar-refractivity contribution in [2.45, 2.75) is 0 Å². The maximum Gasteiger partial charge on any atom is 0.319 e. The minimum absolute atomic E-state index is 0.198. The Morgan fingerprint density at radius 3 is 2.73 bits per heavy atom. The largest absolute Gasteiger partial charge is 0.468 e. The van der Waals surface area contributed by atoms with Crippen molar-refractivity contribution in [2.75, 3.05) is 33.9 Å². The molecular weight excluding hydrogens is 150 g/mol. The molecule has 0 heterocycles. The topological polar surface area (TPSA) is 56.8 Å². The third kappa shape index (κ3) is 7.24. The number of hydrogen-bond acceptors (Lipinski definition) is 5.